The highest BCUT2D eigenvalue weighted by molar-refractivity contribution is 5.89. The number of para-hydroxylation sites is 2. The number of hydrogen-bond acceptors (Lipinski definition) is 5. The van der Waals surface area contributed by atoms with E-state index in [1.54, 1.807) is 12.0 Å². The molecule has 1 N–H and O–H groups in total. The molecule has 7 nitrogen and oxygen atoms in total. The van der Waals surface area contributed by atoms with Crippen molar-refractivity contribution in [3.05, 3.63) is 71.9 Å². The zero-order valence-electron chi connectivity index (χ0n) is 15.0. The highest BCUT2D eigenvalue weighted by Gasteiger charge is 2.35. The molecule has 138 valence electrons. The maximum Gasteiger partial charge on any atom is 0.321 e. The van der Waals surface area contributed by atoms with Crippen molar-refractivity contribution in [1.29, 1.82) is 0 Å². The monoisotopic (exact) mass is 364 g/mol. The van der Waals surface area contributed by atoms with Gasteiger partial charge in [0.05, 0.1) is 13.0 Å². The predicted octanol–water partition coefficient (Wildman–Crippen LogP) is 3.30. The Kier molecular flexibility index (Phi) is 4.74. The third-order valence-corrected chi connectivity index (χ3v) is 4.57. The van der Waals surface area contributed by atoms with E-state index in [0.29, 0.717) is 31.2 Å². The Balaban J connectivity index is 1.33. The van der Waals surface area contributed by atoms with Crippen LogP contribution in [0.5, 0.6) is 5.75 Å². The van der Waals surface area contributed by atoms with Crippen molar-refractivity contribution in [2.24, 2.45) is 0 Å². The highest BCUT2D eigenvalue weighted by Crippen LogP contribution is 2.27. The quantitative estimate of drug-likeness (QED) is 0.751. The van der Waals surface area contributed by atoms with E-state index < -0.39 is 0 Å². The molecular weight excluding hydrogens is 344 g/mol. The molecule has 1 fully saturated rings. The van der Waals surface area contributed by atoms with E-state index in [-0.39, 0.29) is 11.9 Å². The second-order valence-electron chi connectivity index (χ2n) is 6.44. The molecule has 2 aromatic carbocycles. The van der Waals surface area contributed by atoms with Crippen LogP contribution in [-0.4, -0.2) is 41.3 Å². The van der Waals surface area contributed by atoms with Crippen molar-refractivity contribution >= 4 is 11.7 Å². The molecule has 1 saturated heterocycles. The highest BCUT2D eigenvalue weighted by atomic mass is 16.5. The molecule has 0 radical (unpaired) electrons. The SMILES string of the molecule is COc1ccccc1Cc1noc(C2CN(C(=O)Nc3ccccc3)C2)n1. The number of nitrogens with zero attached hydrogens (tertiary/aromatic N) is 3. The van der Waals surface area contributed by atoms with Crippen LogP contribution in [0.4, 0.5) is 10.5 Å². The molecule has 1 aliphatic heterocycles. The summed E-state index contributed by atoms with van der Waals surface area (Å²) in [6.45, 7) is 1.13. The Morgan fingerprint density at radius 3 is 2.70 bits per heavy atom. The summed E-state index contributed by atoms with van der Waals surface area (Å²) < 4.78 is 10.8. The number of nitrogens with one attached hydrogen (secondary N) is 1. The summed E-state index contributed by atoms with van der Waals surface area (Å²) in [5, 5.41) is 6.94. The van der Waals surface area contributed by atoms with Gasteiger partial charge in [0, 0.05) is 30.8 Å². The zero-order chi connectivity index (χ0) is 18.6. The Labute approximate surface area is 156 Å². The number of methoxy groups -OCH3 is 1. The summed E-state index contributed by atoms with van der Waals surface area (Å²) in [6, 6.07) is 17.0. The van der Waals surface area contributed by atoms with Crippen molar-refractivity contribution in [3.8, 4) is 5.75 Å². The largest absolute Gasteiger partial charge is 0.496 e. The first kappa shape index (κ1) is 17.1. The second kappa shape index (κ2) is 7.49. The lowest BCUT2D eigenvalue weighted by Gasteiger charge is -2.36. The first-order valence-electron chi connectivity index (χ1n) is 8.78. The number of rotatable bonds is 5. The number of aromatic nitrogens is 2. The fourth-order valence-electron chi connectivity index (χ4n) is 3.05. The van der Waals surface area contributed by atoms with Crippen LogP contribution in [0, 0.1) is 0 Å². The lowest BCUT2D eigenvalue weighted by Crippen LogP contribution is -2.50. The number of carbonyl (C=O) groups excluding carboxylic acids is 1. The maximum atomic E-state index is 12.2. The van der Waals surface area contributed by atoms with Crippen LogP contribution in [0.25, 0.3) is 0 Å². The van der Waals surface area contributed by atoms with Crippen LogP contribution in [0.3, 0.4) is 0 Å². The van der Waals surface area contributed by atoms with Gasteiger partial charge in [-0.2, -0.15) is 4.98 Å². The fourth-order valence-corrected chi connectivity index (χ4v) is 3.05. The minimum absolute atomic E-state index is 0.0745. The van der Waals surface area contributed by atoms with Gasteiger partial charge in [-0.15, -0.1) is 0 Å². The first-order valence-corrected chi connectivity index (χ1v) is 8.78. The minimum atomic E-state index is -0.119. The molecule has 0 bridgehead atoms. The van der Waals surface area contributed by atoms with Gasteiger partial charge in [-0.1, -0.05) is 41.6 Å². The number of ether oxygens (including phenoxy) is 1. The molecule has 0 unspecified atom stereocenters. The molecule has 0 saturated carbocycles. The van der Waals surface area contributed by atoms with Crippen LogP contribution in [0.2, 0.25) is 0 Å². The average Bonchev–Trinajstić information content (AvgIpc) is 3.10. The van der Waals surface area contributed by atoms with E-state index in [1.807, 2.05) is 54.6 Å². The van der Waals surface area contributed by atoms with E-state index in [0.717, 1.165) is 17.0 Å². The molecule has 0 atom stereocenters. The first-order chi connectivity index (χ1) is 13.2. The van der Waals surface area contributed by atoms with Crippen LogP contribution in [-0.2, 0) is 6.42 Å². The van der Waals surface area contributed by atoms with E-state index >= 15 is 0 Å². The van der Waals surface area contributed by atoms with Gasteiger partial charge in [-0.25, -0.2) is 4.79 Å². The number of hydrogen-bond donors (Lipinski definition) is 1. The molecule has 0 spiro atoms. The van der Waals surface area contributed by atoms with Gasteiger partial charge in [0.2, 0.25) is 5.89 Å². The molecular formula is C20H20N4O3. The number of anilines is 1. The topological polar surface area (TPSA) is 80.5 Å². The molecule has 4 rings (SSSR count). The van der Waals surface area contributed by atoms with Gasteiger partial charge in [-0.3, -0.25) is 0 Å². The van der Waals surface area contributed by atoms with Crippen LogP contribution < -0.4 is 10.1 Å². The lowest BCUT2D eigenvalue weighted by atomic mass is 10.0. The molecule has 1 aromatic heterocycles. The van der Waals surface area contributed by atoms with E-state index in [1.165, 1.54) is 0 Å². The van der Waals surface area contributed by atoms with Crippen molar-refractivity contribution in [2.75, 3.05) is 25.5 Å². The van der Waals surface area contributed by atoms with Gasteiger partial charge in [-0.05, 0) is 18.2 Å². The Bertz CT molecular complexity index is 920. The molecule has 1 aliphatic rings. The summed E-state index contributed by atoms with van der Waals surface area (Å²) >= 11 is 0. The van der Waals surface area contributed by atoms with E-state index in [2.05, 4.69) is 15.5 Å². The fraction of sp³-hybridized carbons (Fsp3) is 0.250. The molecule has 27 heavy (non-hydrogen) atoms. The molecule has 0 aliphatic carbocycles. The Morgan fingerprint density at radius 1 is 1.19 bits per heavy atom. The molecule has 7 heteroatoms. The number of amides is 2. The smallest absolute Gasteiger partial charge is 0.321 e. The Hall–Kier alpha value is -3.35. The van der Waals surface area contributed by atoms with Crippen molar-refractivity contribution in [3.63, 3.8) is 0 Å². The minimum Gasteiger partial charge on any atom is -0.496 e. The third kappa shape index (κ3) is 3.76. The van der Waals surface area contributed by atoms with Crippen molar-refractivity contribution in [1.82, 2.24) is 15.0 Å². The standard InChI is InChI=1S/C20H20N4O3/c1-26-17-10-6-5-7-14(17)11-18-22-19(27-23-18)15-12-24(13-15)20(25)21-16-8-3-2-4-9-16/h2-10,15H,11-13H2,1H3,(H,21,25). The number of carbonyl (C=O) groups is 1. The maximum absolute atomic E-state index is 12.2. The normalized spacial score (nSPS) is 13.9. The molecule has 3 aromatic rings. The van der Waals surface area contributed by atoms with Crippen LogP contribution in [0.1, 0.15) is 23.2 Å². The lowest BCUT2D eigenvalue weighted by molar-refractivity contribution is 0.147. The van der Waals surface area contributed by atoms with Gasteiger partial charge >= 0.3 is 6.03 Å². The summed E-state index contributed by atoms with van der Waals surface area (Å²) in [6.07, 6.45) is 0.540. The van der Waals surface area contributed by atoms with Crippen LogP contribution >= 0.6 is 0 Å². The second-order valence-corrected chi connectivity index (χ2v) is 6.44. The number of urea groups is 1. The van der Waals surface area contributed by atoms with Gasteiger partial charge in [0.1, 0.15) is 5.75 Å². The summed E-state index contributed by atoms with van der Waals surface area (Å²) in [5.74, 6) is 2.06. The van der Waals surface area contributed by atoms with Gasteiger partial charge in [0.15, 0.2) is 5.82 Å². The van der Waals surface area contributed by atoms with Gasteiger partial charge < -0.3 is 19.5 Å². The Morgan fingerprint density at radius 2 is 1.93 bits per heavy atom. The third-order valence-electron chi connectivity index (χ3n) is 4.57. The van der Waals surface area contributed by atoms with Crippen LogP contribution in [0.15, 0.2) is 59.1 Å². The number of benzene rings is 2. The van der Waals surface area contributed by atoms with Gasteiger partial charge in [0.25, 0.3) is 0 Å². The predicted molar refractivity (Wildman–Crippen MR) is 99.9 cm³/mol. The number of likely N-dealkylation sites (tertiary alicyclic amines) is 1. The zero-order valence-corrected chi connectivity index (χ0v) is 15.0. The summed E-state index contributed by atoms with van der Waals surface area (Å²) in [4.78, 5) is 18.4. The molecule has 2 amide bonds. The van der Waals surface area contributed by atoms with Crippen molar-refractivity contribution in [2.45, 2.75) is 12.3 Å². The van der Waals surface area contributed by atoms with Crippen molar-refractivity contribution < 1.29 is 14.1 Å². The summed E-state index contributed by atoms with van der Waals surface area (Å²) in [5.41, 5.74) is 1.78. The molecule has 2 heterocycles. The van der Waals surface area contributed by atoms with E-state index in [9.17, 15) is 4.79 Å². The summed E-state index contributed by atoms with van der Waals surface area (Å²) in [7, 11) is 1.64. The van der Waals surface area contributed by atoms with E-state index in [4.69, 9.17) is 9.26 Å². The average molecular weight is 364 g/mol.